The molecule has 0 amide bonds. The van der Waals surface area contributed by atoms with Crippen LogP contribution in [0.15, 0.2) is 30.3 Å². The second-order valence-corrected chi connectivity index (χ2v) is 6.50. The zero-order valence-corrected chi connectivity index (χ0v) is 15.6. The number of aromatic nitrogens is 2. The van der Waals surface area contributed by atoms with Crippen molar-refractivity contribution in [1.82, 2.24) is 9.97 Å². The fourth-order valence-electron chi connectivity index (χ4n) is 2.99. The monoisotopic (exact) mass is 341 g/mol. The number of aryl methyl sites for hydroxylation is 1. The van der Waals surface area contributed by atoms with Crippen LogP contribution >= 0.6 is 0 Å². The standard InChI is InChI=1S/C21H31N3O/c1-3-5-6-7-8-12-16-18-19(13-4-2)23-21(22)24-20(18)25-17-14-10-9-11-15-17/h9-11,14-15H,3-8,12-13,16H2,1-2H3,(H2,22,23,24). The lowest BCUT2D eigenvalue weighted by atomic mass is 10.0. The average molecular weight is 341 g/mol. The number of rotatable bonds is 11. The van der Waals surface area contributed by atoms with Gasteiger partial charge in [0.1, 0.15) is 5.75 Å². The topological polar surface area (TPSA) is 61.0 Å². The van der Waals surface area contributed by atoms with E-state index in [0.29, 0.717) is 11.8 Å². The normalized spacial score (nSPS) is 10.8. The van der Waals surface area contributed by atoms with Crippen LogP contribution in [0.25, 0.3) is 0 Å². The molecule has 0 aliphatic heterocycles. The Morgan fingerprint density at radius 3 is 2.28 bits per heavy atom. The predicted octanol–water partition coefficient (Wildman–Crippen LogP) is 5.71. The van der Waals surface area contributed by atoms with E-state index in [1.807, 2.05) is 30.3 Å². The summed E-state index contributed by atoms with van der Waals surface area (Å²) in [6.45, 7) is 4.40. The number of unbranched alkanes of at least 4 members (excludes halogenated alkanes) is 5. The summed E-state index contributed by atoms with van der Waals surface area (Å²) in [6.07, 6.45) is 10.5. The number of hydrogen-bond acceptors (Lipinski definition) is 4. The Labute approximate surface area is 151 Å². The van der Waals surface area contributed by atoms with Gasteiger partial charge in [-0.15, -0.1) is 0 Å². The predicted molar refractivity (Wildman–Crippen MR) is 104 cm³/mol. The molecule has 0 saturated heterocycles. The first-order valence-corrected chi connectivity index (χ1v) is 9.62. The first-order valence-electron chi connectivity index (χ1n) is 9.62. The quantitative estimate of drug-likeness (QED) is 0.532. The summed E-state index contributed by atoms with van der Waals surface area (Å²) >= 11 is 0. The Morgan fingerprint density at radius 1 is 0.840 bits per heavy atom. The van der Waals surface area contributed by atoms with E-state index in [-0.39, 0.29) is 0 Å². The van der Waals surface area contributed by atoms with Crippen molar-refractivity contribution in [3.05, 3.63) is 41.6 Å². The van der Waals surface area contributed by atoms with E-state index in [4.69, 9.17) is 10.5 Å². The third kappa shape index (κ3) is 6.37. The molecule has 4 heteroatoms. The molecule has 2 aromatic rings. The highest BCUT2D eigenvalue weighted by molar-refractivity contribution is 5.39. The minimum absolute atomic E-state index is 0.293. The molecule has 2 rings (SSSR count). The molecular formula is C21H31N3O. The molecule has 0 radical (unpaired) electrons. The number of para-hydroxylation sites is 1. The van der Waals surface area contributed by atoms with E-state index in [0.717, 1.165) is 42.7 Å². The summed E-state index contributed by atoms with van der Waals surface area (Å²) in [6, 6.07) is 9.76. The largest absolute Gasteiger partial charge is 0.439 e. The van der Waals surface area contributed by atoms with Gasteiger partial charge in [-0.2, -0.15) is 4.98 Å². The third-order valence-electron chi connectivity index (χ3n) is 4.30. The van der Waals surface area contributed by atoms with Crippen LogP contribution in [-0.4, -0.2) is 9.97 Å². The van der Waals surface area contributed by atoms with Crippen molar-refractivity contribution in [2.45, 2.75) is 71.6 Å². The molecule has 1 heterocycles. The molecule has 4 nitrogen and oxygen atoms in total. The third-order valence-corrected chi connectivity index (χ3v) is 4.30. The summed E-state index contributed by atoms with van der Waals surface area (Å²) < 4.78 is 6.04. The summed E-state index contributed by atoms with van der Waals surface area (Å²) in [5, 5.41) is 0. The Morgan fingerprint density at radius 2 is 1.56 bits per heavy atom. The van der Waals surface area contributed by atoms with Gasteiger partial charge in [0.05, 0.1) is 5.69 Å². The maximum atomic E-state index is 6.04. The Hall–Kier alpha value is -2.10. The number of benzene rings is 1. The number of hydrogen-bond donors (Lipinski definition) is 1. The lowest BCUT2D eigenvalue weighted by Crippen LogP contribution is -2.07. The molecule has 0 saturated carbocycles. The molecule has 0 unspecified atom stereocenters. The van der Waals surface area contributed by atoms with Crippen molar-refractivity contribution in [3.8, 4) is 11.6 Å². The molecule has 0 aliphatic carbocycles. The van der Waals surface area contributed by atoms with Crippen LogP contribution in [0.5, 0.6) is 11.6 Å². The summed E-state index contributed by atoms with van der Waals surface area (Å²) in [5.74, 6) is 1.70. The highest BCUT2D eigenvalue weighted by atomic mass is 16.5. The van der Waals surface area contributed by atoms with Gasteiger partial charge in [-0.25, -0.2) is 4.98 Å². The molecule has 2 N–H and O–H groups in total. The highest BCUT2D eigenvalue weighted by Gasteiger charge is 2.15. The van der Waals surface area contributed by atoms with E-state index >= 15 is 0 Å². The molecular weight excluding hydrogens is 310 g/mol. The van der Waals surface area contributed by atoms with Crippen LogP contribution in [0.1, 0.15) is 70.1 Å². The lowest BCUT2D eigenvalue weighted by Gasteiger charge is -2.14. The van der Waals surface area contributed by atoms with Gasteiger partial charge in [0, 0.05) is 5.56 Å². The first kappa shape index (κ1) is 19.2. The van der Waals surface area contributed by atoms with Gasteiger partial charge >= 0.3 is 0 Å². The maximum Gasteiger partial charge on any atom is 0.227 e. The van der Waals surface area contributed by atoms with E-state index in [1.165, 1.54) is 32.1 Å². The van der Waals surface area contributed by atoms with Crippen LogP contribution < -0.4 is 10.5 Å². The number of anilines is 1. The second-order valence-electron chi connectivity index (χ2n) is 6.50. The van der Waals surface area contributed by atoms with Crippen molar-refractivity contribution < 1.29 is 4.74 Å². The maximum absolute atomic E-state index is 6.04. The lowest BCUT2D eigenvalue weighted by molar-refractivity contribution is 0.451. The molecule has 0 bridgehead atoms. The minimum Gasteiger partial charge on any atom is -0.439 e. The number of nitrogens with two attached hydrogens (primary N) is 1. The van der Waals surface area contributed by atoms with Crippen molar-refractivity contribution in [1.29, 1.82) is 0 Å². The van der Waals surface area contributed by atoms with Crippen LogP contribution in [0.2, 0.25) is 0 Å². The Balaban J connectivity index is 2.12. The highest BCUT2D eigenvalue weighted by Crippen LogP contribution is 2.28. The van der Waals surface area contributed by atoms with Crippen molar-refractivity contribution in [3.63, 3.8) is 0 Å². The zero-order chi connectivity index (χ0) is 17.9. The van der Waals surface area contributed by atoms with Crippen molar-refractivity contribution >= 4 is 5.95 Å². The van der Waals surface area contributed by atoms with Gasteiger partial charge in [0.25, 0.3) is 0 Å². The van der Waals surface area contributed by atoms with Crippen LogP contribution in [-0.2, 0) is 12.8 Å². The molecule has 1 aromatic heterocycles. The van der Waals surface area contributed by atoms with Gasteiger partial charge in [-0.3, -0.25) is 0 Å². The van der Waals surface area contributed by atoms with E-state index < -0.39 is 0 Å². The van der Waals surface area contributed by atoms with E-state index in [1.54, 1.807) is 0 Å². The van der Waals surface area contributed by atoms with Gasteiger partial charge in [-0.05, 0) is 31.4 Å². The second kappa shape index (κ2) is 10.7. The van der Waals surface area contributed by atoms with E-state index in [2.05, 4.69) is 23.8 Å². The minimum atomic E-state index is 0.293. The number of nitrogens with zero attached hydrogens (tertiary/aromatic N) is 2. The Kier molecular flexibility index (Phi) is 8.23. The van der Waals surface area contributed by atoms with Crippen LogP contribution in [0.3, 0.4) is 0 Å². The molecule has 136 valence electrons. The summed E-state index contributed by atoms with van der Waals surface area (Å²) in [7, 11) is 0. The smallest absolute Gasteiger partial charge is 0.227 e. The first-order chi connectivity index (χ1) is 12.2. The summed E-state index contributed by atoms with van der Waals surface area (Å²) in [5.41, 5.74) is 8.08. The van der Waals surface area contributed by atoms with Crippen molar-refractivity contribution in [2.75, 3.05) is 5.73 Å². The number of ether oxygens (including phenoxy) is 1. The SMILES string of the molecule is CCCCCCCCc1c(CCC)nc(N)nc1Oc1ccccc1. The van der Waals surface area contributed by atoms with Crippen LogP contribution in [0, 0.1) is 0 Å². The molecule has 25 heavy (non-hydrogen) atoms. The van der Waals surface area contributed by atoms with Crippen molar-refractivity contribution in [2.24, 2.45) is 0 Å². The van der Waals surface area contributed by atoms with Gasteiger partial charge in [-0.1, -0.05) is 70.6 Å². The fraction of sp³-hybridized carbons (Fsp3) is 0.524. The van der Waals surface area contributed by atoms with E-state index in [9.17, 15) is 0 Å². The average Bonchev–Trinajstić information content (AvgIpc) is 2.61. The molecule has 0 fully saturated rings. The fourth-order valence-corrected chi connectivity index (χ4v) is 2.99. The van der Waals surface area contributed by atoms with Gasteiger partial charge in [0.15, 0.2) is 0 Å². The van der Waals surface area contributed by atoms with Gasteiger partial charge < -0.3 is 10.5 Å². The number of nitrogen functional groups attached to an aromatic ring is 1. The molecule has 0 aliphatic rings. The Bertz CT molecular complexity index is 629. The molecule has 1 aromatic carbocycles. The van der Waals surface area contributed by atoms with Crippen LogP contribution in [0.4, 0.5) is 5.95 Å². The van der Waals surface area contributed by atoms with Gasteiger partial charge in [0.2, 0.25) is 11.8 Å². The molecule has 0 atom stereocenters. The molecule has 0 spiro atoms. The summed E-state index contributed by atoms with van der Waals surface area (Å²) in [4.78, 5) is 8.86. The zero-order valence-electron chi connectivity index (χ0n) is 15.6.